The van der Waals surface area contributed by atoms with Crippen molar-refractivity contribution in [2.24, 2.45) is 0 Å². The van der Waals surface area contributed by atoms with Crippen LogP contribution in [0.5, 0.6) is 11.5 Å². The summed E-state index contributed by atoms with van der Waals surface area (Å²) in [5.74, 6) is 1.70. The number of para-hydroxylation sites is 1. The van der Waals surface area contributed by atoms with Gasteiger partial charge < -0.3 is 14.2 Å². The molecule has 0 N–H and O–H groups in total. The second kappa shape index (κ2) is 6.35. The number of fused-ring (bicyclic) bond motifs is 1. The second-order valence-corrected chi connectivity index (χ2v) is 6.03. The SMILES string of the molecule is O=C(Cn1cnc2cc(Oc3ccccc3)ccc21)N1CCCC1. The van der Waals surface area contributed by atoms with Crippen molar-refractivity contribution in [1.29, 1.82) is 0 Å². The Hall–Kier alpha value is -2.82. The number of imidazole rings is 1. The first kappa shape index (κ1) is 14.8. The summed E-state index contributed by atoms with van der Waals surface area (Å²) >= 11 is 0. The first-order valence-electron chi connectivity index (χ1n) is 8.25. The molecule has 0 aliphatic carbocycles. The number of amides is 1. The van der Waals surface area contributed by atoms with Gasteiger partial charge in [-0.2, -0.15) is 0 Å². The highest BCUT2D eigenvalue weighted by Crippen LogP contribution is 2.25. The van der Waals surface area contributed by atoms with Gasteiger partial charge in [0.1, 0.15) is 18.0 Å². The fraction of sp³-hybridized carbons (Fsp3) is 0.263. The minimum Gasteiger partial charge on any atom is -0.457 e. The van der Waals surface area contributed by atoms with E-state index in [4.69, 9.17) is 4.74 Å². The number of hydrogen-bond donors (Lipinski definition) is 0. The summed E-state index contributed by atoms with van der Waals surface area (Å²) < 4.78 is 7.74. The number of nitrogens with zero attached hydrogens (tertiary/aromatic N) is 3. The van der Waals surface area contributed by atoms with Gasteiger partial charge in [-0.3, -0.25) is 4.79 Å². The number of ether oxygens (including phenoxy) is 1. The highest BCUT2D eigenvalue weighted by atomic mass is 16.5. The molecule has 1 amide bonds. The molecule has 3 aromatic rings. The molecule has 24 heavy (non-hydrogen) atoms. The first-order chi connectivity index (χ1) is 11.8. The molecule has 4 rings (SSSR count). The maximum absolute atomic E-state index is 12.3. The van der Waals surface area contributed by atoms with E-state index in [1.165, 1.54) is 0 Å². The summed E-state index contributed by atoms with van der Waals surface area (Å²) in [5, 5.41) is 0. The van der Waals surface area contributed by atoms with Crippen LogP contribution < -0.4 is 4.74 Å². The lowest BCUT2D eigenvalue weighted by Crippen LogP contribution is -2.30. The number of hydrogen-bond acceptors (Lipinski definition) is 3. The topological polar surface area (TPSA) is 47.4 Å². The lowest BCUT2D eigenvalue weighted by Gasteiger charge is -2.15. The molecule has 0 radical (unpaired) electrons. The van der Waals surface area contributed by atoms with Crippen LogP contribution >= 0.6 is 0 Å². The first-order valence-corrected chi connectivity index (χ1v) is 8.25. The van der Waals surface area contributed by atoms with Crippen molar-refractivity contribution < 1.29 is 9.53 Å². The molecule has 2 heterocycles. The number of carbonyl (C=O) groups excluding carboxylic acids is 1. The Morgan fingerprint density at radius 1 is 1.04 bits per heavy atom. The zero-order chi connectivity index (χ0) is 16.4. The van der Waals surface area contributed by atoms with E-state index >= 15 is 0 Å². The number of aromatic nitrogens is 2. The van der Waals surface area contributed by atoms with Crippen LogP contribution in [-0.4, -0.2) is 33.4 Å². The van der Waals surface area contributed by atoms with Gasteiger partial charge in [0.25, 0.3) is 0 Å². The molecule has 1 aliphatic rings. The lowest BCUT2D eigenvalue weighted by atomic mass is 10.3. The van der Waals surface area contributed by atoms with E-state index in [0.717, 1.165) is 48.5 Å². The lowest BCUT2D eigenvalue weighted by molar-refractivity contribution is -0.130. The molecule has 2 aromatic carbocycles. The zero-order valence-electron chi connectivity index (χ0n) is 13.4. The monoisotopic (exact) mass is 321 g/mol. The smallest absolute Gasteiger partial charge is 0.242 e. The summed E-state index contributed by atoms with van der Waals surface area (Å²) in [7, 11) is 0. The van der Waals surface area contributed by atoms with Gasteiger partial charge >= 0.3 is 0 Å². The molecular weight excluding hydrogens is 302 g/mol. The normalized spacial score (nSPS) is 14.2. The van der Waals surface area contributed by atoms with Crippen LogP contribution in [0.1, 0.15) is 12.8 Å². The molecule has 122 valence electrons. The second-order valence-electron chi connectivity index (χ2n) is 6.03. The molecular formula is C19H19N3O2. The largest absolute Gasteiger partial charge is 0.457 e. The quantitative estimate of drug-likeness (QED) is 0.739. The predicted octanol–water partition coefficient (Wildman–Crippen LogP) is 3.45. The highest BCUT2D eigenvalue weighted by molar-refractivity contribution is 5.81. The van der Waals surface area contributed by atoms with Gasteiger partial charge in [-0.25, -0.2) is 4.98 Å². The van der Waals surface area contributed by atoms with E-state index in [0.29, 0.717) is 6.54 Å². The summed E-state index contributed by atoms with van der Waals surface area (Å²) in [6.45, 7) is 2.09. The van der Waals surface area contributed by atoms with Crippen molar-refractivity contribution in [2.45, 2.75) is 19.4 Å². The van der Waals surface area contributed by atoms with Crippen LogP contribution in [0.15, 0.2) is 54.9 Å². The standard InChI is InChI=1S/C19H19N3O2/c23-19(21-10-4-5-11-21)13-22-14-20-17-12-16(8-9-18(17)22)24-15-6-2-1-3-7-15/h1-3,6-9,12,14H,4-5,10-11,13H2. The molecule has 0 saturated carbocycles. The van der Waals surface area contributed by atoms with Crippen LogP contribution in [-0.2, 0) is 11.3 Å². The average Bonchev–Trinajstić information content (AvgIpc) is 3.26. The summed E-state index contributed by atoms with van der Waals surface area (Å²) in [6, 6.07) is 15.4. The summed E-state index contributed by atoms with van der Waals surface area (Å²) in [5.41, 5.74) is 1.78. The Morgan fingerprint density at radius 3 is 2.62 bits per heavy atom. The Morgan fingerprint density at radius 2 is 1.83 bits per heavy atom. The van der Waals surface area contributed by atoms with Gasteiger partial charge in [0, 0.05) is 19.2 Å². The Balaban J connectivity index is 1.53. The summed E-state index contributed by atoms with van der Waals surface area (Å²) in [6.07, 6.45) is 3.94. The van der Waals surface area contributed by atoms with Crippen LogP contribution in [0.2, 0.25) is 0 Å². The molecule has 0 unspecified atom stereocenters. The summed E-state index contributed by atoms with van der Waals surface area (Å²) in [4.78, 5) is 18.7. The van der Waals surface area contributed by atoms with Crippen molar-refractivity contribution in [3.63, 3.8) is 0 Å². The van der Waals surface area contributed by atoms with Gasteiger partial charge in [0.2, 0.25) is 5.91 Å². The minimum atomic E-state index is 0.163. The molecule has 1 saturated heterocycles. The molecule has 5 heteroatoms. The van der Waals surface area contributed by atoms with Gasteiger partial charge in [-0.15, -0.1) is 0 Å². The third-order valence-electron chi connectivity index (χ3n) is 4.34. The van der Waals surface area contributed by atoms with Crippen molar-refractivity contribution in [2.75, 3.05) is 13.1 Å². The van der Waals surface area contributed by atoms with Gasteiger partial charge in [0.05, 0.1) is 17.4 Å². The Bertz CT molecular complexity index is 851. The van der Waals surface area contributed by atoms with Crippen molar-refractivity contribution in [1.82, 2.24) is 14.5 Å². The van der Waals surface area contributed by atoms with Crippen molar-refractivity contribution in [3.05, 3.63) is 54.9 Å². The fourth-order valence-corrected chi connectivity index (χ4v) is 3.07. The molecule has 0 spiro atoms. The third-order valence-corrected chi connectivity index (χ3v) is 4.34. The Labute approximate surface area is 140 Å². The molecule has 1 aromatic heterocycles. The third kappa shape index (κ3) is 2.97. The molecule has 0 bridgehead atoms. The Kier molecular flexibility index (Phi) is 3.91. The average molecular weight is 321 g/mol. The van der Waals surface area contributed by atoms with Gasteiger partial charge in [-0.1, -0.05) is 18.2 Å². The number of likely N-dealkylation sites (tertiary alicyclic amines) is 1. The predicted molar refractivity (Wildman–Crippen MR) is 92.1 cm³/mol. The minimum absolute atomic E-state index is 0.163. The van der Waals surface area contributed by atoms with Crippen LogP contribution in [0, 0.1) is 0 Å². The van der Waals surface area contributed by atoms with Crippen LogP contribution in [0.3, 0.4) is 0 Å². The van der Waals surface area contributed by atoms with Gasteiger partial charge in [0.15, 0.2) is 0 Å². The number of carbonyl (C=O) groups is 1. The van der Waals surface area contributed by atoms with E-state index in [-0.39, 0.29) is 5.91 Å². The van der Waals surface area contributed by atoms with Crippen molar-refractivity contribution in [3.8, 4) is 11.5 Å². The van der Waals surface area contributed by atoms with E-state index in [1.807, 2.05) is 58.0 Å². The van der Waals surface area contributed by atoms with E-state index in [9.17, 15) is 4.79 Å². The van der Waals surface area contributed by atoms with E-state index < -0.39 is 0 Å². The molecule has 5 nitrogen and oxygen atoms in total. The fourth-order valence-electron chi connectivity index (χ4n) is 3.07. The molecule has 1 fully saturated rings. The van der Waals surface area contributed by atoms with Crippen LogP contribution in [0.4, 0.5) is 0 Å². The number of benzene rings is 2. The maximum atomic E-state index is 12.3. The van der Waals surface area contributed by atoms with Crippen molar-refractivity contribution >= 4 is 16.9 Å². The maximum Gasteiger partial charge on any atom is 0.242 e. The van der Waals surface area contributed by atoms with Gasteiger partial charge in [-0.05, 0) is 37.1 Å². The molecule has 0 atom stereocenters. The van der Waals surface area contributed by atoms with E-state index in [1.54, 1.807) is 6.33 Å². The van der Waals surface area contributed by atoms with Crippen LogP contribution in [0.25, 0.3) is 11.0 Å². The highest BCUT2D eigenvalue weighted by Gasteiger charge is 2.18. The number of rotatable bonds is 4. The zero-order valence-corrected chi connectivity index (χ0v) is 13.4. The van der Waals surface area contributed by atoms with E-state index in [2.05, 4.69) is 4.98 Å². The molecule has 1 aliphatic heterocycles.